The van der Waals surface area contributed by atoms with E-state index in [1.54, 1.807) is 36.7 Å². The van der Waals surface area contributed by atoms with Crippen LogP contribution in [0.2, 0.25) is 0 Å². The van der Waals surface area contributed by atoms with Gasteiger partial charge in [0.1, 0.15) is 0 Å². The summed E-state index contributed by atoms with van der Waals surface area (Å²) < 4.78 is 22.7. The zero-order chi connectivity index (χ0) is 16.0. The normalized spacial score (nSPS) is 11.1. The molecule has 0 unspecified atom stereocenters. The number of aromatic nitrogens is 1. The summed E-state index contributed by atoms with van der Waals surface area (Å²) in [5.41, 5.74) is 0.943. The van der Waals surface area contributed by atoms with Crippen molar-refractivity contribution in [2.45, 2.75) is 16.3 Å². The number of nitrogens with one attached hydrogen (secondary N) is 1. The molecule has 1 amide bonds. The van der Waals surface area contributed by atoms with Gasteiger partial charge in [-0.25, -0.2) is 8.42 Å². The van der Waals surface area contributed by atoms with Crippen LogP contribution in [0.5, 0.6) is 0 Å². The summed E-state index contributed by atoms with van der Waals surface area (Å²) in [6.45, 7) is 0.445. The molecule has 0 saturated heterocycles. The van der Waals surface area contributed by atoms with Gasteiger partial charge >= 0.3 is 0 Å². The monoisotopic (exact) mass is 336 g/mol. The van der Waals surface area contributed by atoms with Crippen molar-refractivity contribution in [3.8, 4) is 0 Å². The van der Waals surface area contributed by atoms with Crippen LogP contribution in [0.4, 0.5) is 0 Å². The molecule has 0 aliphatic carbocycles. The van der Waals surface area contributed by atoms with Crippen LogP contribution in [0.15, 0.2) is 58.6 Å². The van der Waals surface area contributed by atoms with E-state index >= 15 is 0 Å². The lowest BCUT2D eigenvalue weighted by Gasteiger charge is -2.05. The molecular formula is C15H16N2O3S2. The number of carbonyl (C=O) groups is 1. The van der Waals surface area contributed by atoms with Crippen molar-refractivity contribution in [1.82, 2.24) is 10.3 Å². The predicted molar refractivity (Wildman–Crippen MR) is 86.4 cm³/mol. The van der Waals surface area contributed by atoms with Crippen LogP contribution >= 0.6 is 11.8 Å². The van der Waals surface area contributed by atoms with Gasteiger partial charge in [0.2, 0.25) is 5.91 Å². The van der Waals surface area contributed by atoms with Gasteiger partial charge in [0.05, 0.1) is 10.6 Å². The molecule has 0 aliphatic heterocycles. The van der Waals surface area contributed by atoms with Crippen molar-refractivity contribution in [2.75, 3.05) is 12.0 Å². The van der Waals surface area contributed by atoms with Crippen LogP contribution in [-0.2, 0) is 21.2 Å². The van der Waals surface area contributed by atoms with Gasteiger partial charge in [-0.3, -0.25) is 9.78 Å². The van der Waals surface area contributed by atoms with E-state index in [9.17, 15) is 13.2 Å². The highest BCUT2D eigenvalue weighted by Crippen LogP contribution is 2.20. The van der Waals surface area contributed by atoms with Crippen LogP contribution in [0.25, 0.3) is 0 Å². The summed E-state index contributed by atoms with van der Waals surface area (Å²) in [5, 5.41) is 2.81. The van der Waals surface area contributed by atoms with Crippen molar-refractivity contribution in [2.24, 2.45) is 0 Å². The average molecular weight is 336 g/mol. The molecule has 1 aromatic carbocycles. The van der Waals surface area contributed by atoms with E-state index < -0.39 is 9.84 Å². The topological polar surface area (TPSA) is 76.1 Å². The van der Waals surface area contributed by atoms with E-state index in [1.807, 2.05) is 12.1 Å². The summed E-state index contributed by atoms with van der Waals surface area (Å²) in [6.07, 6.45) is 4.56. The number of nitrogens with zero attached hydrogens (tertiary/aromatic N) is 1. The molecule has 0 radical (unpaired) electrons. The fourth-order valence-electron chi connectivity index (χ4n) is 1.69. The van der Waals surface area contributed by atoms with Crippen molar-refractivity contribution in [1.29, 1.82) is 0 Å². The highest BCUT2D eigenvalue weighted by atomic mass is 32.2. The molecule has 0 fully saturated rings. The molecule has 5 nitrogen and oxygen atoms in total. The van der Waals surface area contributed by atoms with Crippen molar-refractivity contribution < 1.29 is 13.2 Å². The van der Waals surface area contributed by atoms with Crippen molar-refractivity contribution in [3.63, 3.8) is 0 Å². The predicted octanol–water partition coefficient (Wildman–Crippen LogP) is 1.89. The Morgan fingerprint density at radius 3 is 2.55 bits per heavy atom. The van der Waals surface area contributed by atoms with Crippen LogP contribution in [0.1, 0.15) is 5.56 Å². The van der Waals surface area contributed by atoms with Crippen LogP contribution in [-0.4, -0.2) is 31.3 Å². The van der Waals surface area contributed by atoms with Gasteiger partial charge < -0.3 is 5.32 Å². The Hall–Kier alpha value is -1.86. The lowest BCUT2D eigenvalue weighted by atomic mass is 10.3. The Kier molecular flexibility index (Phi) is 5.57. The van der Waals surface area contributed by atoms with Gasteiger partial charge in [-0.05, 0) is 35.9 Å². The third kappa shape index (κ3) is 5.16. The van der Waals surface area contributed by atoms with Crippen LogP contribution in [0, 0.1) is 0 Å². The van der Waals surface area contributed by atoms with Gasteiger partial charge in [-0.15, -0.1) is 11.8 Å². The number of hydrogen-bond donors (Lipinski definition) is 1. The maximum atomic E-state index is 11.8. The first-order valence-corrected chi connectivity index (χ1v) is 9.41. The lowest BCUT2D eigenvalue weighted by Crippen LogP contribution is -2.24. The number of hydrogen-bond acceptors (Lipinski definition) is 5. The Bertz CT molecular complexity index is 729. The molecule has 0 atom stereocenters. The third-order valence-corrected chi connectivity index (χ3v) is 4.97. The maximum Gasteiger partial charge on any atom is 0.230 e. The number of amides is 1. The van der Waals surface area contributed by atoms with Crippen molar-refractivity contribution >= 4 is 27.5 Å². The summed E-state index contributed by atoms with van der Waals surface area (Å²) in [4.78, 5) is 16.9. The first kappa shape index (κ1) is 16.5. The molecule has 2 rings (SSSR count). The highest BCUT2D eigenvalue weighted by Gasteiger charge is 2.07. The summed E-state index contributed by atoms with van der Waals surface area (Å²) >= 11 is 1.36. The maximum absolute atomic E-state index is 11.8. The average Bonchev–Trinajstić information content (AvgIpc) is 2.51. The zero-order valence-electron chi connectivity index (χ0n) is 12.0. The number of sulfone groups is 1. The lowest BCUT2D eigenvalue weighted by molar-refractivity contribution is -0.118. The van der Waals surface area contributed by atoms with E-state index in [1.165, 1.54) is 18.0 Å². The second-order valence-corrected chi connectivity index (χ2v) is 7.73. The van der Waals surface area contributed by atoms with Gasteiger partial charge in [0.25, 0.3) is 0 Å². The molecule has 0 bridgehead atoms. The van der Waals surface area contributed by atoms with Crippen LogP contribution < -0.4 is 5.32 Å². The number of benzene rings is 1. The van der Waals surface area contributed by atoms with Crippen molar-refractivity contribution in [3.05, 3.63) is 54.4 Å². The number of pyridine rings is 1. The first-order chi connectivity index (χ1) is 10.4. The van der Waals surface area contributed by atoms with E-state index in [2.05, 4.69) is 10.3 Å². The summed E-state index contributed by atoms with van der Waals surface area (Å²) in [5.74, 6) is 0.194. The summed E-state index contributed by atoms with van der Waals surface area (Å²) in [7, 11) is -3.18. The molecule has 7 heteroatoms. The molecule has 1 aromatic heterocycles. The minimum atomic E-state index is -3.18. The smallest absolute Gasteiger partial charge is 0.230 e. The molecule has 0 spiro atoms. The molecular weight excluding hydrogens is 320 g/mol. The molecule has 0 aliphatic rings. The SMILES string of the molecule is CS(=O)(=O)c1ccc(SCC(=O)NCc2cccnc2)cc1. The van der Waals surface area contributed by atoms with Gasteiger partial charge in [-0.2, -0.15) is 0 Å². The first-order valence-electron chi connectivity index (χ1n) is 6.54. The molecule has 1 heterocycles. The Balaban J connectivity index is 1.81. The Labute approximate surface area is 134 Å². The number of thioether (sulfide) groups is 1. The van der Waals surface area contributed by atoms with E-state index in [-0.39, 0.29) is 16.6 Å². The number of carbonyl (C=O) groups excluding carboxylic acids is 1. The fraction of sp³-hybridized carbons (Fsp3) is 0.200. The fourth-order valence-corrected chi connectivity index (χ4v) is 3.05. The molecule has 2 aromatic rings. The van der Waals surface area contributed by atoms with E-state index in [4.69, 9.17) is 0 Å². The van der Waals surface area contributed by atoms with E-state index in [0.717, 1.165) is 10.5 Å². The third-order valence-electron chi connectivity index (χ3n) is 2.83. The zero-order valence-corrected chi connectivity index (χ0v) is 13.7. The Morgan fingerprint density at radius 1 is 1.23 bits per heavy atom. The van der Waals surface area contributed by atoms with Gasteiger partial charge in [0, 0.05) is 30.1 Å². The Morgan fingerprint density at radius 2 is 1.95 bits per heavy atom. The van der Waals surface area contributed by atoms with Crippen LogP contribution in [0.3, 0.4) is 0 Å². The van der Waals surface area contributed by atoms with Gasteiger partial charge in [0.15, 0.2) is 9.84 Å². The molecule has 22 heavy (non-hydrogen) atoms. The highest BCUT2D eigenvalue weighted by molar-refractivity contribution is 8.00. The largest absolute Gasteiger partial charge is 0.351 e. The molecule has 0 saturated carbocycles. The molecule has 116 valence electrons. The minimum absolute atomic E-state index is 0.0824. The summed E-state index contributed by atoms with van der Waals surface area (Å²) in [6, 6.07) is 10.2. The molecule has 1 N–H and O–H groups in total. The standard InChI is InChI=1S/C15H16N2O3S2/c1-22(19,20)14-6-4-13(5-7-14)21-11-15(18)17-10-12-3-2-8-16-9-12/h2-9H,10-11H2,1H3,(H,17,18). The second-order valence-electron chi connectivity index (χ2n) is 4.67. The minimum Gasteiger partial charge on any atom is -0.351 e. The van der Waals surface area contributed by atoms with E-state index in [0.29, 0.717) is 6.54 Å². The quantitative estimate of drug-likeness (QED) is 0.815. The number of rotatable bonds is 6. The second kappa shape index (κ2) is 7.42. The van der Waals surface area contributed by atoms with Gasteiger partial charge in [-0.1, -0.05) is 6.07 Å².